The van der Waals surface area contributed by atoms with Crippen LogP contribution in [-0.2, 0) is 6.54 Å². The quantitative estimate of drug-likeness (QED) is 0.350. The molecule has 2 aliphatic rings. The first-order valence-corrected chi connectivity index (χ1v) is 10.1. The van der Waals surface area contributed by atoms with Gasteiger partial charge in [0.25, 0.3) is 0 Å². The van der Waals surface area contributed by atoms with Crippen molar-refractivity contribution in [1.82, 2.24) is 30.1 Å². The van der Waals surface area contributed by atoms with Crippen molar-refractivity contribution in [2.24, 2.45) is 10.9 Å². The Morgan fingerprint density at radius 1 is 1.14 bits per heavy atom. The van der Waals surface area contributed by atoms with Crippen molar-refractivity contribution < 1.29 is 4.52 Å². The second-order valence-electron chi connectivity index (χ2n) is 7.89. The second kappa shape index (κ2) is 11.9. The van der Waals surface area contributed by atoms with Gasteiger partial charge in [-0.3, -0.25) is 9.89 Å². The third-order valence-corrected chi connectivity index (χ3v) is 5.53. The number of nitrogens with one attached hydrogen (secondary N) is 1. The predicted octanol–water partition coefficient (Wildman–Crippen LogP) is 0.869. The molecule has 2 saturated heterocycles. The standard InChI is InChI=1S/C19H35N7O.HI/c1-17(15-24-7-5-23(3)6-8-24)14-21-19(20-2)26-11-9-25(10-12-26)16-18-4-13-27-22-18;/h4,13,17H,5-12,14-16H2,1-3H3,(H,20,21);1H. The van der Waals surface area contributed by atoms with Crippen molar-refractivity contribution in [3.63, 3.8) is 0 Å². The van der Waals surface area contributed by atoms with Crippen molar-refractivity contribution in [1.29, 1.82) is 0 Å². The van der Waals surface area contributed by atoms with E-state index in [1.807, 2.05) is 13.1 Å². The molecule has 28 heavy (non-hydrogen) atoms. The van der Waals surface area contributed by atoms with Gasteiger partial charge in [-0.1, -0.05) is 12.1 Å². The molecule has 1 N–H and O–H groups in total. The third-order valence-electron chi connectivity index (χ3n) is 5.53. The van der Waals surface area contributed by atoms with Crippen LogP contribution in [0, 0.1) is 5.92 Å². The first-order valence-electron chi connectivity index (χ1n) is 10.1. The maximum absolute atomic E-state index is 4.92. The van der Waals surface area contributed by atoms with E-state index in [-0.39, 0.29) is 24.0 Å². The predicted molar refractivity (Wildman–Crippen MR) is 123 cm³/mol. The monoisotopic (exact) mass is 505 g/mol. The molecule has 2 aliphatic heterocycles. The van der Waals surface area contributed by atoms with E-state index >= 15 is 0 Å². The number of nitrogens with zero attached hydrogens (tertiary/aromatic N) is 6. The first kappa shape index (κ1) is 23.4. The maximum Gasteiger partial charge on any atom is 0.193 e. The molecule has 1 aromatic heterocycles. The van der Waals surface area contributed by atoms with Crippen LogP contribution in [0.25, 0.3) is 0 Å². The summed E-state index contributed by atoms with van der Waals surface area (Å²) in [5.74, 6) is 1.64. The summed E-state index contributed by atoms with van der Waals surface area (Å²) >= 11 is 0. The second-order valence-corrected chi connectivity index (χ2v) is 7.89. The van der Waals surface area contributed by atoms with Crippen molar-refractivity contribution >= 4 is 29.9 Å². The Bertz CT molecular complexity index is 567. The summed E-state index contributed by atoms with van der Waals surface area (Å²) in [5.41, 5.74) is 1.00. The molecule has 0 amide bonds. The third kappa shape index (κ3) is 7.16. The molecule has 1 unspecified atom stereocenters. The summed E-state index contributed by atoms with van der Waals surface area (Å²) in [6.45, 7) is 14.1. The highest BCUT2D eigenvalue weighted by Crippen LogP contribution is 2.08. The fourth-order valence-electron chi connectivity index (χ4n) is 3.80. The minimum Gasteiger partial charge on any atom is -0.364 e. The Labute approximate surface area is 186 Å². The fraction of sp³-hybridized carbons (Fsp3) is 0.789. The Balaban J connectivity index is 0.00000280. The van der Waals surface area contributed by atoms with Gasteiger partial charge in [0.1, 0.15) is 6.26 Å². The SMILES string of the molecule is CN=C(NCC(C)CN1CCN(C)CC1)N1CCN(Cc2ccon2)CC1.I. The van der Waals surface area contributed by atoms with E-state index in [0.717, 1.165) is 57.5 Å². The van der Waals surface area contributed by atoms with E-state index in [1.54, 1.807) is 6.26 Å². The van der Waals surface area contributed by atoms with Crippen molar-refractivity contribution in [3.05, 3.63) is 18.0 Å². The molecule has 0 aliphatic carbocycles. The molecule has 0 saturated carbocycles. The first-order chi connectivity index (χ1) is 13.1. The average molecular weight is 505 g/mol. The molecule has 1 aromatic rings. The summed E-state index contributed by atoms with van der Waals surface area (Å²) in [4.78, 5) is 14.3. The molecule has 3 heterocycles. The van der Waals surface area contributed by atoms with Crippen LogP contribution in [0.1, 0.15) is 12.6 Å². The summed E-state index contributed by atoms with van der Waals surface area (Å²) in [7, 11) is 4.09. The van der Waals surface area contributed by atoms with Crippen LogP contribution < -0.4 is 5.32 Å². The molecule has 9 heteroatoms. The number of guanidine groups is 1. The van der Waals surface area contributed by atoms with E-state index in [2.05, 4.69) is 49.0 Å². The molecule has 8 nitrogen and oxygen atoms in total. The zero-order valence-corrected chi connectivity index (χ0v) is 19.8. The molecular weight excluding hydrogens is 469 g/mol. The van der Waals surface area contributed by atoms with E-state index in [4.69, 9.17) is 4.52 Å². The van der Waals surface area contributed by atoms with Gasteiger partial charge in [0.05, 0.1) is 5.69 Å². The van der Waals surface area contributed by atoms with Crippen molar-refractivity contribution in [2.75, 3.05) is 79.5 Å². The summed E-state index contributed by atoms with van der Waals surface area (Å²) in [6.07, 6.45) is 1.64. The number of aromatic nitrogens is 1. The molecule has 0 spiro atoms. The maximum atomic E-state index is 4.92. The highest BCUT2D eigenvalue weighted by atomic mass is 127. The zero-order valence-electron chi connectivity index (χ0n) is 17.5. The Morgan fingerprint density at radius 2 is 1.82 bits per heavy atom. The number of piperazine rings is 2. The molecule has 0 bridgehead atoms. The summed E-state index contributed by atoms with van der Waals surface area (Å²) in [5, 5.41) is 7.60. The number of likely N-dealkylation sites (N-methyl/N-ethyl adjacent to an activating group) is 1. The smallest absolute Gasteiger partial charge is 0.193 e. The number of hydrogen-bond donors (Lipinski definition) is 1. The Hall–Kier alpha value is -0.910. The molecule has 0 aromatic carbocycles. The molecule has 0 radical (unpaired) electrons. The molecule has 1 atom stereocenters. The van der Waals surface area contributed by atoms with Crippen LogP contribution in [0.3, 0.4) is 0 Å². The number of halogens is 1. The van der Waals surface area contributed by atoms with Crippen molar-refractivity contribution in [2.45, 2.75) is 13.5 Å². The topological polar surface area (TPSA) is 63.4 Å². The van der Waals surface area contributed by atoms with Crippen LogP contribution in [0.4, 0.5) is 0 Å². The van der Waals surface area contributed by atoms with E-state index in [9.17, 15) is 0 Å². The number of aliphatic imine (C=N–C) groups is 1. The summed E-state index contributed by atoms with van der Waals surface area (Å²) < 4.78 is 4.92. The largest absolute Gasteiger partial charge is 0.364 e. The average Bonchev–Trinajstić information content (AvgIpc) is 3.18. The lowest BCUT2D eigenvalue weighted by molar-refractivity contribution is 0.138. The lowest BCUT2D eigenvalue weighted by Gasteiger charge is -2.37. The van der Waals surface area contributed by atoms with Gasteiger partial charge in [0.2, 0.25) is 0 Å². The van der Waals surface area contributed by atoms with Gasteiger partial charge in [-0.2, -0.15) is 0 Å². The minimum atomic E-state index is 0. The Kier molecular flexibility index (Phi) is 9.96. The van der Waals surface area contributed by atoms with Crippen LogP contribution >= 0.6 is 24.0 Å². The molecule has 2 fully saturated rings. The molecule has 3 rings (SSSR count). The highest BCUT2D eigenvalue weighted by Gasteiger charge is 2.21. The normalized spacial score (nSPS) is 21.4. The van der Waals surface area contributed by atoms with Crippen LogP contribution in [0.15, 0.2) is 21.8 Å². The van der Waals surface area contributed by atoms with Gasteiger partial charge in [0, 0.05) is 85.1 Å². The highest BCUT2D eigenvalue weighted by molar-refractivity contribution is 14.0. The summed E-state index contributed by atoms with van der Waals surface area (Å²) in [6, 6.07) is 1.94. The lowest BCUT2D eigenvalue weighted by atomic mass is 10.1. The van der Waals surface area contributed by atoms with Crippen molar-refractivity contribution in [3.8, 4) is 0 Å². The van der Waals surface area contributed by atoms with Crippen LogP contribution in [0.2, 0.25) is 0 Å². The van der Waals surface area contributed by atoms with Gasteiger partial charge in [-0.25, -0.2) is 0 Å². The van der Waals surface area contributed by atoms with E-state index < -0.39 is 0 Å². The van der Waals surface area contributed by atoms with Gasteiger partial charge in [-0.05, 0) is 13.0 Å². The van der Waals surface area contributed by atoms with Gasteiger partial charge >= 0.3 is 0 Å². The van der Waals surface area contributed by atoms with E-state index in [0.29, 0.717) is 5.92 Å². The molecule has 160 valence electrons. The van der Waals surface area contributed by atoms with E-state index in [1.165, 1.54) is 26.2 Å². The lowest BCUT2D eigenvalue weighted by Crippen LogP contribution is -2.53. The fourth-order valence-corrected chi connectivity index (χ4v) is 3.80. The number of rotatable bonds is 6. The van der Waals surface area contributed by atoms with Crippen LogP contribution in [0.5, 0.6) is 0 Å². The van der Waals surface area contributed by atoms with Gasteiger partial charge < -0.3 is 24.5 Å². The zero-order chi connectivity index (χ0) is 19.1. The number of hydrogen-bond acceptors (Lipinski definition) is 6. The minimum absolute atomic E-state index is 0. The van der Waals surface area contributed by atoms with Gasteiger partial charge in [0.15, 0.2) is 5.96 Å². The van der Waals surface area contributed by atoms with Crippen LogP contribution in [-0.4, -0.2) is 110 Å². The Morgan fingerprint density at radius 3 is 2.43 bits per heavy atom. The van der Waals surface area contributed by atoms with Gasteiger partial charge in [-0.15, -0.1) is 24.0 Å². The molecular formula is C19H36IN7O.